The smallest absolute Gasteiger partial charge is 0.317 e. The van der Waals surface area contributed by atoms with Crippen LogP contribution in [0.4, 0.5) is 4.79 Å². The molecule has 3 saturated carbocycles. The Morgan fingerprint density at radius 3 is 2.27 bits per heavy atom. The maximum atomic E-state index is 13.4. The molecule has 6 amide bonds. The lowest BCUT2D eigenvalue weighted by Gasteiger charge is -2.70. The summed E-state index contributed by atoms with van der Waals surface area (Å²) in [6, 6.07) is 7.50. The van der Waals surface area contributed by atoms with Gasteiger partial charge in [-0.15, -0.1) is 0 Å². The van der Waals surface area contributed by atoms with E-state index in [0.29, 0.717) is 61.1 Å². The van der Waals surface area contributed by atoms with Crippen molar-refractivity contribution in [3.8, 4) is 28.4 Å². The van der Waals surface area contributed by atoms with Crippen molar-refractivity contribution in [2.45, 2.75) is 89.8 Å². The van der Waals surface area contributed by atoms with Crippen molar-refractivity contribution < 1.29 is 43.0 Å². The Balaban J connectivity index is 0.781. The van der Waals surface area contributed by atoms with Crippen molar-refractivity contribution in [1.29, 1.82) is 0 Å². The molecule has 4 fully saturated rings. The minimum atomic E-state index is -1.01. The van der Waals surface area contributed by atoms with E-state index in [9.17, 15) is 33.6 Å². The molecule has 63 heavy (non-hydrogen) atoms. The Labute approximate surface area is 366 Å². The highest BCUT2D eigenvalue weighted by atomic mass is 16.5. The zero-order valence-corrected chi connectivity index (χ0v) is 36.7. The first-order chi connectivity index (χ1) is 30.2. The summed E-state index contributed by atoms with van der Waals surface area (Å²) in [4.78, 5) is 93.8. The van der Waals surface area contributed by atoms with Gasteiger partial charge in [0.2, 0.25) is 11.8 Å². The lowest BCUT2D eigenvalue weighted by atomic mass is 9.33. The molecule has 2 bridgehead atoms. The average molecular weight is 865 g/mol. The average Bonchev–Trinajstić information content (AvgIpc) is 3.49. The summed E-state index contributed by atoms with van der Waals surface area (Å²) < 4.78 is 19.4. The highest BCUT2D eigenvalue weighted by Crippen LogP contribution is 2.74. The molecule has 3 aliphatic carbocycles. The highest BCUT2D eigenvalue weighted by molar-refractivity contribution is 6.23. The molecule has 1 aromatic heterocycles. The molecule has 6 aliphatic rings. The van der Waals surface area contributed by atoms with Crippen molar-refractivity contribution >= 4 is 35.4 Å². The van der Waals surface area contributed by atoms with E-state index in [0.717, 1.165) is 78.6 Å². The fourth-order valence-corrected chi connectivity index (χ4v) is 10.8. The van der Waals surface area contributed by atoms with Crippen LogP contribution < -0.4 is 30.4 Å². The van der Waals surface area contributed by atoms with Gasteiger partial charge in [-0.3, -0.25) is 39.0 Å². The monoisotopic (exact) mass is 864 g/mol. The summed E-state index contributed by atoms with van der Waals surface area (Å²) in [5.74, 6) is 0.0314. The van der Waals surface area contributed by atoms with Crippen molar-refractivity contribution in [2.75, 3.05) is 48.0 Å². The predicted molar refractivity (Wildman–Crippen MR) is 231 cm³/mol. The van der Waals surface area contributed by atoms with Gasteiger partial charge < -0.3 is 33.9 Å². The number of aromatic nitrogens is 1. The molecule has 0 radical (unpaired) electrons. The summed E-state index contributed by atoms with van der Waals surface area (Å²) in [5, 5.41) is 4.86. The van der Waals surface area contributed by atoms with Crippen LogP contribution in [0.5, 0.6) is 17.2 Å². The second kappa shape index (κ2) is 17.3. The molecule has 2 aromatic carbocycles. The Morgan fingerprint density at radius 1 is 0.889 bits per heavy atom. The van der Waals surface area contributed by atoms with Crippen LogP contribution in [0.2, 0.25) is 0 Å². The number of unbranched alkanes of at least 4 members (excludes halogenated alkanes) is 3. The number of hydrogen-bond acceptors (Lipinski definition) is 11. The van der Waals surface area contributed by atoms with E-state index in [1.54, 1.807) is 49.9 Å². The van der Waals surface area contributed by atoms with Crippen LogP contribution in [-0.4, -0.2) is 109 Å². The number of Topliss-reactive ketones (excluding diaryl/α,β-unsaturated/α-hetero) is 1. The number of methoxy groups -OCH3 is 2. The lowest BCUT2D eigenvalue weighted by molar-refractivity contribution is -0.211. The number of aryl methyl sites for hydroxylation is 1. The molecule has 16 heteroatoms. The van der Waals surface area contributed by atoms with Gasteiger partial charge in [0.15, 0.2) is 0 Å². The van der Waals surface area contributed by atoms with E-state index in [-0.39, 0.29) is 52.9 Å². The number of piperidine rings is 1. The molecule has 334 valence electrons. The number of ketones is 1. The fraction of sp³-hybridized carbons (Fsp3) is 0.511. The van der Waals surface area contributed by atoms with Crippen molar-refractivity contribution in [2.24, 2.45) is 17.9 Å². The first-order valence-electron chi connectivity index (χ1n) is 21.8. The van der Waals surface area contributed by atoms with E-state index in [2.05, 4.69) is 22.6 Å². The summed E-state index contributed by atoms with van der Waals surface area (Å²) in [6.45, 7) is 2.63. The number of urea groups is 1. The topological polar surface area (TPSA) is 186 Å². The van der Waals surface area contributed by atoms with Gasteiger partial charge in [0.1, 0.15) is 29.1 Å². The SMILES string of the molecule is CNC(=O)N1CCc2c(-c3cc(OC)c(CN(C)CC45CC(C(=O)CCCCCCOc6ccc7c(c6)C(=O)N(C6CCC(=O)NC6=O)C7=O)(C4)C5)c(OC)c3)cn(C)c(=O)c2C1. The number of pyridine rings is 1. The number of nitrogens with zero attached hydrogens (tertiary/aromatic N) is 4. The molecule has 1 unspecified atom stereocenters. The standard InChI is InChI=1S/C47H56N6O10/c1-48-45(60)52-16-15-30-33(22-51(3)42(57)34(30)23-52)28-18-37(61-4)35(38(19-28)62-5)21-50(2)27-46-24-47(25-46,26-46)39(54)10-8-6-7-9-17-63-29-11-12-31-32(20-29)44(59)53(43(31)58)36-13-14-40(55)49-41(36)56/h11-12,18-20,22,36H,6-10,13-17,21,23-27H2,1-5H3,(H,48,60)(H,49,55,56). The van der Waals surface area contributed by atoms with Crippen molar-refractivity contribution in [3.05, 3.63) is 74.7 Å². The summed E-state index contributed by atoms with van der Waals surface area (Å²) in [7, 11) is 8.71. The van der Waals surface area contributed by atoms with Gasteiger partial charge in [0, 0.05) is 69.3 Å². The molecule has 1 atom stereocenters. The molecule has 4 heterocycles. The number of amides is 6. The Hall–Kier alpha value is -6.03. The van der Waals surface area contributed by atoms with Gasteiger partial charge in [-0.1, -0.05) is 12.8 Å². The first kappa shape index (κ1) is 43.6. The fourth-order valence-electron chi connectivity index (χ4n) is 10.8. The summed E-state index contributed by atoms with van der Waals surface area (Å²) >= 11 is 0. The Morgan fingerprint density at radius 2 is 1.59 bits per heavy atom. The maximum absolute atomic E-state index is 13.4. The molecule has 1 saturated heterocycles. The third-order valence-corrected chi connectivity index (χ3v) is 13.7. The molecule has 2 N–H and O–H groups in total. The first-order valence-corrected chi connectivity index (χ1v) is 21.8. The van der Waals surface area contributed by atoms with Crippen LogP contribution in [0.3, 0.4) is 0 Å². The number of imide groups is 2. The lowest BCUT2D eigenvalue weighted by Crippen LogP contribution is -2.68. The number of hydrogen-bond donors (Lipinski definition) is 2. The maximum Gasteiger partial charge on any atom is 0.317 e. The minimum Gasteiger partial charge on any atom is -0.496 e. The summed E-state index contributed by atoms with van der Waals surface area (Å²) in [6.07, 6.45) is 9.28. The van der Waals surface area contributed by atoms with E-state index in [4.69, 9.17) is 14.2 Å². The van der Waals surface area contributed by atoms with Crippen LogP contribution in [0.1, 0.15) is 102 Å². The minimum absolute atomic E-state index is 0.0630. The molecular formula is C47H56N6O10. The number of benzene rings is 2. The molecule has 0 spiro atoms. The second-order valence-electron chi connectivity index (χ2n) is 18.1. The Bertz CT molecular complexity index is 2420. The highest BCUT2D eigenvalue weighted by Gasteiger charge is 2.70. The van der Waals surface area contributed by atoms with Crippen molar-refractivity contribution in [1.82, 2.24) is 29.9 Å². The van der Waals surface area contributed by atoms with Crippen LogP contribution in [0.25, 0.3) is 11.1 Å². The quantitative estimate of drug-likeness (QED) is 0.145. The second-order valence-corrected chi connectivity index (χ2v) is 18.1. The molecule has 16 nitrogen and oxygen atoms in total. The number of rotatable bonds is 17. The van der Waals surface area contributed by atoms with Gasteiger partial charge in [-0.05, 0) is 98.9 Å². The number of ether oxygens (including phenoxy) is 3. The van der Waals surface area contributed by atoms with Gasteiger partial charge >= 0.3 is 6.03 Å². The molecule has 9 rings (SSSR count). The van der Waals surface area contributed by atoms with Crippen LogP contribution in [-0.2, 0) is 40.9 Å². The van der Waals surface area contributed by atoms with Crippen LogP contribution >= 0.6 is 0 Å². The molecule has 3 aromatic rings. The molecule has 3 aliphatic heterocycles. The third kappa shape index (κ3) is 8.09. The van der Waals surface area contributed by atoms with Gasteiger partial charge in [-0.2, -0.15) is 0 Å². The third-order valence-electron chi connectivity index (χ3n) is 13.7. The van der Waals surface area contributed by atoms with E-state index in [1.165, 1.54) is 6.07 Å². The zero-order valence-electron chi connectivity index (χ0n) is 36.7. The van der Waals surface area contributed by atoms with Crippen molar-refractivity contribution in [3.63, 3.8) is 0 Å². The van der Waals surface area contributed by atoms with Crippen LogP contribution in [0, 0.1) is 10.8 Å². The van der Waals surface area contributed by atoms with E-state index in [1.807, 2.05) is 18.3 Å². The number of carbonyl (C=O) groups is 6. The predicted octanol–water partition coefficient (Wildman–Crippen LogP) is 4.37. The van der Waals surface area contributed by atoms with E-state index >= 15 is 0 Å². The Kier molecular flexibility index (Phi) is 12.0. The zero-order chi connectivity index (χ0) is 44.8. The number of nitrogens with one attached hydrogen (secondary N) is 2. The number of carbonyl (C=O) groups excluding carboxylic acids is 6. The van der Waals surface area contributed by atoms with E-state index < -0.39 is 29.7 Å². The molecular weight excluding hydrogens is 809 g/mol. The van der Waals surface area contributed by atoms with Crippen LogP contribution in [0.15, 0.2) is 41.3 Å². The largest absolute Gasteiger partial charge is 0.496 e. The number of fused-ring (bicyclic) bond motifs is 2. The normalized spacial score (nSPS) is 22.2. The van der Waals surface area contributed by atoms with Gasteiger partial charge in [0.25, 0.3) is 17.4 Å². The van der Waals surface area contributed by atoms with Gasteiger partial charge in [-0.25, -0.2) is 4.79 Å². The summed E-state index contributed by atoms with van der Waals surface area (Å²) in [5.41, 5.74) is 4.49. The van der Waals surface area contributed by atoms with Gasteiger partial charge in [0.05, 0.1) is 44.1 Å².